The first-order valence-corrected chi connectivity index (χ1v) is 6.95. The maximum atomic E-state index is 12.0. The van der Waals surface area contributed by atoms with Gasteiger partial charge >= 0.3 is 5.97 Å². The summed E-state index contributed by atoms with van der Waals surface area (Å²) < 4.78 is 5.71. The van der Waals surface area contributed by atoms with Gasteiger partial charge < -0.3 is 25.6 Å². The topological polar surface area (TPSA) is 121 Å². The van der Waals surface area contributed by atoms with Crippen molar-refractivity contribution < 1.29 is 24.5 Å². The molecule has 8 nitrogen and oxygen atoms in total. The minimum Gasteiger partial charge on any atom is -0.505 e. The van der Waals surface area contributed by atoms with Gasteiger partial charge in [-0.1, -0.05) is 6.08 Å². The Hall–Kier alpha value is -2.87. The van der Waals surface area contributed by atoms with E-state index in [1.165, 1.54) is 12.1 Å². The summed E-state index contributed by atoms with van der Waals surface area (Å²) in [6, 6.07) is 2.84. The Labute approximate surface area is 132 Å². The molecule has 1 amide bonds. The summed E-state index contributed by atoms with van der Waals surface area (Å²) in [5, 5.41) is 23.6. The van der Waals surface area contributed by atoms with E-state index in [9.17, 15) is 14.7 Å². The van der Waals surface area contributed by atoms with Crippen LogP contribution in [-0.4, -0.2) is 40.2 Å². The van der Waals surface area contributed by atoms with Gasteiger partial charge in [0, 0.05) is 6.61 Å². The van der Waals surface area contributed by atoms with Crippen LogP contribution in [0.15, 0.2) is 36.6 Å². The van der Waals surface area contributed by atoms with Gasteiger partial charge in [-0.05, 0) is 37.4 Å². The third kappa shape index (κ3) is 3.67. The number of amides is 1. The van der Waals surface area contributed by atoms with Gasteiger partial charge in [0.2, 0.25) is 5.72 Å². The minimum absolute atomic E-state index is 0.271. The van der Waals surface area contributed by atoms with E-state index in [2.05, 4.69) is 15.6 Å². The first-order valence-electron chi connectivity index (χ1n) is 6.95. The molecular formula is C15H17N3O5. The Balaban J connectivity index is 2.35. The van der Waals surface area contributed by atoms with Crippen molar-refractivity contribution in [1.82, 2.24) is 15.6 Å². The zero-order chi connectivity index (χ0) is 16.9. The Morgan fingerprint density at radius 3 is 2.78 bits per heavy atom. The van der Waals surface area contributed by atoms with Crippen LogP contribution in [0.25, 0.3) is 0 Å². The number of pyridine rings is 1. The number of aromatic nitrogens is 1. The van der Waals surface area contributed by atoms with Gasteiger partial charge in [-0.15, -0.1) is 0 Å². The molecule has 2 rings (SSSR count). The second kappa shape index (κ2) is 6.93. The average molecular weight is 319 g/mol. The molecule has 1 aliphatic rings. The van der Waals surface area contributed by atoms with Gasteiger partial charge in [0.05, 0.1) is 5.69 Å². The molecule has 1 atom stereocenters. The quantitative estimate of drug-likeness (QED) is 0.601. The summed E-state index contributed by atoms with van der Waals surface area (Å²) in [4.78, 5) is 26.6. The van der Waals surface area contributed by atoms with E-state index >= 15 is 0 Å². The van der Waals surface area contributed by atoms with Crippen molar-refractivity contribution in [3.8, 4) is 5.75 Å². The van der Waals surface area contributed by atoms with Crippen LogP contribution in [0, 0.1) is 0 Å². The van der Waals surface area contributed by atoms with E-state index in [0.29, 0.717) is 12.3 Å². The lowest BCUT2D eigenvalue weighted by molar-refractivity contribution is -0.135. The highest BCUT2D eigenvalue weighted by molar-refractivity contribution is 5.96. The van der Waals surface area contributed by atoms with Crippen LogP contribution >= 0.6 is 0 Å². The maximum Gasteiger partial charge on any atom is 0.322 e. The van der Waals surface area contributed by atoms with Crippen LogP contribution in [0.1, 0.15) is 23.1 Å². The second-order valence-corrected chi connectivity index (χ2v) is 4.67. The number of carboxylic acids is 1. The number of aliphatic carboxylic acids is 1. The number of ether oxygens (including phenoxy) is 1. The molecule has 1 unspecified atom stereocenters. The number of carboxylic acid groups (broad SMARTS) is 1. The van der Waals surface area contributed by atoms with Crippen molar-refractivity contribution in [1.29, 1.82) is 0 Å². The third-order valence-corrected chi connectivity index (χ3v) is 3.08. The molecule has 0 aromatic carbocycles. The fourth-order valence-corrected chi connectivity index (χ4v) is 2.08. The summed E-state index contributed by atoms with van der Waals surface area (Å²) in [6.45, 7) is 1.63. The van der Waals surface area contributed by atoms with E-state index in [-0.39, 0.29) is 11.4 Å². The molecule has 0 radical (unpaired) electrons. The molecule has 2 heterocycles. The smallest absolute Gasteiger partial charge is 0.322 e. The Morgan fingerprint density at radius 2 is 2.17 bits per heavy atom. The number of dihydropyridines is 1. The molecule has 1 aromatic rings. The maximum absolute atomic E-state index is 12.0. The molecule has 0 spiro atoms. The number of aromatic hydroxyl groups is 1. The Bertz CT molecular complexity index is 671. The zero-order valence-corrected chi connectivity index (χ0v) is 12.4. The van der Waals surface area contributed by atoms with Gasteiger partial charge in [-0.25, -0.2) is 4.98 Å². The predicted octanol–water partition coefficient (Wildman–Crippen LogP) is 0.464. The summed E-state index contributed by atoms with van der Waals surface area (Å²) in [6.07, 6.45) is 6.95. The average Bonchev–Trinajstić information content (AvgIpc) is 2.54. The summed E-state index contributed by atoms with van der Waals surface area (Å²) >= 11 is 0. The lowest BCUT2D eigenvalue weighted by atomic mass is 10.1. The highest BCUT2D eigenvalue weighted by Gasteiger charge is 2.32. The van der Waals surface area contributed by atoms with Crippen LogP contribution in [-0.2, 0) is 15.3 Å². The van der Waals surface area contributed by atoms with Crippen molar-refractivity contribution in [3.05, 3.63) is 47.9 Å². The van der Waals surface area contributed by atoms with Crippen LogP contribution in [0.3, 0.4) is 0 Å². The third-order valence-electron chi connectivity index (χ3n) is 3.08. The molecule has 0 aliphatic carbocycles. The number of nitrogens with zero attached hydrogens (tertiary/aromatic N) is 1. The van der Waals surface area contributed by atoms with Crippen molar-refractivity contribution in [2.45, 2.75) is 12.6 Å². The lowest BCUT2D eigenvalue weighted by Gasteiger charge is -2.32. The molecule has 4 N–H and O–H groups in total. The molecule has 8 heteroatoms. The van der Waals surface area contributed by atoms with Crippen LogP contribution < -0.4 is 10.6 Å². The predicted molar refractivity (Wildman–Crippen MR) is 80.6 cm³/mol. The van der Waals surface area contributed by atoms with E-state index in [1.54, 1.807) is 24.4 Å². The fourth-order valence-electron chi connectivity index (χ4n) is 2.08. The van der Waals surface area contributed by atoms with Gasteiger partial charge in [-0.2, -0.15) is 0 Å². The normalized spacial score (nSPS) is 19.2. The molecule has 1 aromatic heterocycles. The van der Waals surface area contributed by atoms with Crippen molar-refractivity contribution in [2.75, 3.05) is 13.2 Å². The van der Waals surface area contributed by atoms with Gasteiger partial charge in [0.1, 0.15) is 12.3 Å². The van der Waals surface area contributed by atoms with Crippen LogP contribution in [0.4, 0.5) is 0 Å². The minimum atomic E-state index is -1.19. The van der Waals surface area contributed by atoms with Crippen molar-refractivity contribution in [3.63, 3.8) is 0 Å². The highest BCUT2D eigenvalue weighted by atomic mass is 16.5. The molecular weight excluding hydrogens is 302 g/mol. The number of carbonyl (C=O) groups is 2. The molecule has 0 saturated heterocycles. The SMILES string of the molecule is CCOC1(c2ccc(O)c(C(=O)NCC(=O)O)n2)C=CC=CN1. The Morgan fingerprint density at radius 1 is 1.39 bits per heavy atom. The first kappa shape index (κ1) is 16.5. The zero-order valence-electron chi connectivity index (χ0n) is 12.4. The molecule has 0 saturated carbocycles. The molecule has 0 bridgehead atoms. The standard InChI is InChI=1S/C15H17N3O5/c1-2-23-15(7-3-4-8-17-15)11-6-5-10(19)13(18-11)14(22)16-9-12(20)21/h3-8,17,19H,2,9H2,1H3,(H,16,22)(H,20,21). The lowest BCUT2D eigenvalue weighted by Crippen LogP contribution is -2.42. The highest BCUT2D eigenvalue weighted by Crippen LogP contribution is 2.27. The summed E-state index contributed by atoms with van der Waals surface area (Å²) in [5.74, 6) is -2.32. The molecule has 0 fully saturated rings. The van der Waals surface area contributed by atoms with Gasteiger partial charge in [0.25, 0.3) is 5.91 Å². The summed E-state index contributed by atoms with van der Waals surface area (Å²) in [7, 11) is 0. The van der Waals surface area contributed by atoms with Gasteiger partial charge in [0.15, 0.2) is 5.69 Å². The van der Waals surface area contributed by atoms with E-state index in [4.69, 9.17) is 9.84 Å². The molecule has 122 valence electrons. The van der Waals surface area contributed by atoms with Crippen LogP contribution in [0.5, 0.6) is 5.75 Å². The number of hydrogen-bond donors (Lipinski definition) is 4. The Kier molecular flexibility index (Phi) is 4.97. The number of nitrogens with one attached hydrogen (secondary N) is 2. The van der Waals surface area contributed by atoms with E-state index in [1.807, 2.05) is 6.92 Å². The van der Waals surface area contributed by atoms with Crippen LogP contribution in [0.2, 0.25) is 0 Å². The van der Waals surface area contributed by atoms with Crippen molar-refractivity contribution in [2.24, 2.45) is 0 Å². The molecule has 1 aliphatic heterocycles. The molecule has 23 heavy (non-hydrogen) atoms. The van der Waals surface area contributed by atoms with Crippen molar-refractivity contribution >= 4 is 11.9 Å². The fraction of sp³-hybridized carbons (Fsp3) is 0.267. The van der Waals surface area contributed by atoms with E-state index in [0.717, 1.165) is 0 Å². The largest absolute Gasteiger partial charge is 0.505 e. The first-order chi connectivity index (χ1) is 11.0. The summed E-state index contributed by atoms with van der Waals surface area (Å²) in [5.41, 5.74) is -0.968. The monoisotopic (exact) mass is 319 g/mol. The second-order valence-electron chi connectivity index (χ2n) is 4.67. The van der Waals surface area contributed by atoms with Gasteiger partial charge in [-0.3, -0.25) is 9.59 Å². The van der Waals surface area contributed by atoms with E-state index < -0.39 is 24.1 Å². The number of rotatable bonds is 6. The number of carbonyl (C=O) groups excluding carboxylic acids is 1. The number of allylic oxidation sites excluding steroid dienone is 2. The number of hydrogen-bond acceptors (Lipinski definition) is 6.